The van der Waals surface area contributed by atoms with E-state index in [9.17, 15) is 4.79 Å². The van der Waals surface area contributed by atoms with Gasteiger partial charge in [0, 0.05) is 13.1 Å². The Kier molecular flexibility index (Phi) is 7.07. The molecule has 0 saturated carbocycles. The van der Waals surface area contributed by atoms with E-state index >= 15 is 0 Å². The van der Waals surface area contributed by atoms with E-state index in [1.165, 1.54) is 4.90 Å². The molecule has 2 N–H and O–H groups in total. The first-order valence-corrected chi connectivity index (χ1v) is 5.20. The Hall–Kier alpha value is -0.810. The molecule has 5 nitrogen and oxygen atoms in total. The third-order valence-corrected chi connectivity index (χ3v) is 2.22. The second kappa shape index (κ2) is 7.48. The summed E-state index contributed by atoms with van der Waals surface area (Å²) in [6, 6.07) is 0. The van der Waals surface area contributed by atoms with Crippen molar-refractivity contribution in [3.8, 4) is 0 Å². The van der Waals surface area contributed by atoms with E-state index in [1.54, 1.807) is 0 Å². The summed E-state index contributed by atoms with van der Waals surface area (Å²) in [6.45, 7) is 5.84. The zero-order valence-corrected chi connectivity index (χ0v) is 9.64. The van der Waals surface area contributed by atoms with E-state index < -0.39 is 6.09 Å². The fourth-order valence-electron chi connectivity index (χ4n) is 0.905. The predicted molar refractivity (Wildman–Crippen MR) is 56.5 cm³/mol. The van der Waals surface area contributed by atoms with E-state index in [1.807, 2.05) is 20.8 Å². The Bertz CT molecular complexity index is 178. The number of amides is 1. The first-order chi connectivity index (χ1) is 7.02. The molecule has 0 radical (unpaired) electrons. The van der Waals surface area contributed by atoms with Gasteiger partial charge in [-0.1, -0.05) is 13.8 Å². The lowest BCUT2D eigenvalue weighted by molar-refractivity contribution is 0.0423. The lowest BCUT2D eigenvalue weighted by Crippen LogP contribution is -2.38. The van der Waals surface area contributed by atoms with Crippen LogP contribution in [0.5, 0.6) is 0 Å². The molecule has 0 aliphatic heterocycles. The second-order valence-electron chi connectivity index (χ2n) is 3.77. The lowest BCUT2D eigenvalue weighted by Gasteiger charge is -2.24. The van der Waals surface area contributed by atoms with Crippen LogP contribution in [0.2, 0.25) is 0 Å². The third-order valence-electron chi connectivity index (χ3n) is 2.22. The molecule has 0 aliphatic rings. The molecule has 0 aliphatic carbocycles. The Morgan fingerprint density at radius 1 is 1.20 bits per heavy atom. The SMILES string of the molecule is CC(C)C(C)OC(=O)N(CCO)CCO. The number of aliphatic hydroxyl groups excluding tert-OH is 2. The van der Waals surface area contributed by atoms with Gasteiger partial charge < -0.3 is 19.8 Å². The highest BCUT2D eigenvalue weighted by Crippen LogP contribution is 2.07. The topological polar surface area (TPSA) is 70.0 Å². The van der Waals surface area contributed by atoms with Gasteiger partial charge in [-0.15, -0.1) is 0 Å². The van der Waals surface area contributed by atoms with Crippen molar-refractivity contribution in [2.24, 2.45) is 5.92 Å². The summed E-state index contributed by atoms with van der Waals surface area (Å²) in [5.74, 6) is 0.249. The van der Waals surface area contributed by atoms with Crippen molar-refractivity contribution in [3.63, 3.8) is 0 Å². The van der Waals surface area contributed by atoms with Crippen molar-refractivity contribution < 1.29 is 19.7 Å². The van der Waals surface area contributed by atoms with Gasteiger partial charge in [0.2, 0.25) is 0 Å². The summed E-state index contributed by atoms with van der Waals surface area (Å²) in [7, 11) is 0. The molecule has 90 valence electrons. The van der Waals surface area contributed by atoms with Crippen LogP contribution < -0.4 is 0 Å². The highest BCUT2D eigenvalue weighted by atomic mass is 16.6. The number of hydrogen-bond acceptors (Lipinski definition) is 4. The van der Waals surface area contributed by atoms with Crippen LogP contribution in [0.1, 0.15) is 20.8 Å². The molecule has 0 aromatic rings. The molecule has 0 saturated heterocycles. The molecule has 0 heterocycles. The monoisotopic (exact) mass is 219 g/mol. The van der Waals surface area contributed by atoms with E-state index in [4.69, 9.17) is 14.9 Å². The van der Waals surface area contributed by atoms with Crippen LogP contribution in [0.3, 0.4) is 0 Å². The summed E-state index contributed by atoms with van der Waals surface area (Å²) in [5.41, 5.74) is 0. The minimum atomic E-state index is -0.487. The minimum absolute atomic E-state index is 0.134. The van der Waals surface area contributed by atoms with E-state index in [2.05, 4.69) is 0 Å². The number of hydrogen-bond donors (Lipinski definition) is 2. The van der Waals surface area contributed by atoms with Gasteiger partial charge in [0.15, 0.2) is 0 Å². The molecular weight excluding hydrogens is 198 g/mol. The zero-order valence-electron chi connectivity index (χ0n) is 9.64. The third kappa shape index (κ3) is 5.59. The second-order valence-corrected chi connectivity index (χ2v) is 3.77. The van der Waals surface area contributed by atoms with E-state index in [-0.39, 0.29) is 38.3 Å². The maximum absolute atomic E-state index is 11.5. The number of aliphatic hydroxyl groups is 2. The van der Waals surface area contributed by atoms with Gasteiger partial charge in [0.25, 0.3) is 0 Å². The van der Waals surface area contributed by atoms with Crippen molar-refractivity contribution in [1.82, 2.24) is 4.90 Å². The highest BCUT2D eigenvalue weighted by Gasteiger charge is 2.18. The van der Waals surface area contributed by atoms with Crippen molar-refractivity contribution in [1.29, 1.82) is 0 Å². The van der Waals surface area contributed by atoms with Gasteiger partial charge in [-0.2, -0.15) is 0 Å². The van der Waals surface area contributed by atoms with Crippen molar-refractivity contribution in [2.75, 3.05) is 26.3 Å². The molecule has 0 spiro atoms. The van der Waals surface area contributed by atoms with Gasteiger partial charge in [0.1, 0.15) is 6.10 Å². The molecule has 1 unspecified atom stereocenters. The van der Waals surface area contributed by atoms with Gasteiger partial charge >= 0.3 is 6.09 Å². The lowest BCUT2D eigenvalue weighted by atomic mass is 10.1. The maximum atomic E-state index is 11.5. The summed E-state index contributed by atoms with van der Waals surface area (Å²) >= 11 is 0. The average molecular weight is 219 g/mol. The molecule has 5 heteroatoms. The van der Waals surface area contributed by atoms with Crippen LogP contribution in [0, 0.1) is 5.92 Å². The van der Waals surface area contributed by atoms with Gasteiger partial charge in [0.05, 0.1) is 13.2 Å². The molecule has 0 aromatic heterocycles. The van der Waals surface area contributed by atoms with Gasteiger partial charge in [-0.25, -0.2) is 4.79 Å². The van der Waals surface area contributed by atoms with Gasteiger partial charge in [-0.3, -0.25) is 0 Å². The first kappa shape index (κ1) is 14.2. The van der Waals surface area contributed by atoms with Crippen LogP contribution in [0.15, 0.2) is 0 Å². The van der Waals surface area contributed by atoms with Crippen molar-refractivity contribution in [3.05, 3.63) is 0 Å². The predicted octanol–water partition coefficient (Wildman–Crippen LogP) is 0.454. The number of rotatable bonds is 6. The van der Waals surface area contributed by atoms with Gasteiger partial charge in [-0.05, 0) is 12.8 Å². The van der Waals surface area contributed by atoms with E-state index in [0.29, 0.717) is 0 Å². The zero-order chi connectivity index (χ0) is 11.8. The molecule has 0 bridgehead atoms. The molecule has 1 amide bonds. The smallest absolute Gasteiger partial charge is 0.410 e. The fraction of sp³-hybridized carbons (Fsp3) is 0.900. The van der Waals surface area contributed by atoms with Crippen LogP contribution in [-0.2, 0) is 4.74 Å². The normalized spacial score (nSPS) is 12.7. The Labute approximate surface area is 90.6 Å². The van der Waals surface area contributed by atoms with Crippen LogP contribution in [-0.4, -0.2) is 53.6 Å². The highest BCUT2D eigenvalue weighted by molar-refractivity contribution is 5.67. The number of nitrogens with zero attached hydrogens (tertiary/aromatic N) is 1. The Morgan fingerprint density at radius 3 is 2.00 bits per heavy atom. The number of ether oxygens (including phenoxy) is 1. The molecule has 0 fully saturated rings. The Morgan fingerprint density at radius 2 is 1.67 bits per heavy atom. The van der Waals surface area contributed by atoms with Crippen molar-refractivity contribution in [2.45, 2.75) is 26.9 Å². The summed E-state index contributed by atoms with van der Waals surface area (Å²) < 4.78 is 5.14. The summed E-state index contributed by atoms with van der Waals surface area (Å²) in [6.07, 6.45) is -0.656. The molecule has 0 rings (SSSR count). The minimum Gasteiger partial charge on any atom is -0.446 e. The molecule has 1 atom stereocenters. The first-order valence-electron chi connectivity index (χ1n) is 5.20. The Balaban J connectivity index is 4.12. The van der Waals surface area contributed by atoms with E-state index in [0.717, 1.165) is 0 Å². The largest absolute Gasteiger partial charge is 0.446 e. The maximum Gasteiger partial charge on any atom is 0.410 e. The number of carbonyl (C=O) groups is 1. The van der Waals surface area contributed by atoms with Crippen LogP contribution >= 0.6 is 0 Å². The van der Waals surface area contributed by atoms with Crippen LogP contribution in [0.25, 0.3) is 0 Å². The summed E-state index contributed by atoms with van der Waals surface area (Å²) in [4.78, 5) is 12.8. The summed E-state index contributed by atoms with van der Waals surface area (Å²) in [5, 5.41) is 17.4. The van der Waals surface area contributed by atoms with Crippen LogP contribution in [0.4, 0.5) is 4.79 Å². The average Bonchev–Trinajstić information content (AvgIpc) is 2.17. The molecule has 0 aromatic carbocycles. The molecular formula is C10H21NO4. The van der Waals surface area contributed by atoms with Crippen molar-refractivity contribution >= 4 is 6.09 Å². The quantitative estimate of drug-likeness (QED) is 0.680. The molecule has 15 heavy (non-hydrogen) atoms. The number of carbonyl (C=O) groups excluding carboxylic acids is 1. The fourth-order valence-corrected chi connectivity index (χ4v) is 0.905. The standard InChI is InChI=1S/C10H21NO4/c1-8(2)9(3)15-10(14)11(4-6-12)5-7-13/h8-9,12-13H,4-7H2,1-3H3.